The van der Waals surface area contributed by atoms with Crippen molar-refractivity contribution < 1.29 is 9.59 Å². The quantitative estimate of drug-likeness (QED) is 0.811. The van der Waals surface area contributed by atoms with E-state index >= 15 is 0 Å². The molecular weight excluding hydrogens is 316 g/mol. The summed E-state index contributed by atoms with van der Waals surface area (Å²) in [5.74, 6) is -0.670. The van der Waals surface area contributed by atoms with Crippen LogP contribution >= 0.6 is 28.6 Å². The molecule has 6 heteroatoms. The number of hydrogen-bond acceptors (Lipinski definition) is 3. The van der Waals surface area contributed by atoms with Gasteiger partial charge < -0.3 is 10.6 Å². The summed E-state index contributed by atoms with van der Waals surface area (Å²) >= 11 is 7.62. The Bertz CT molecular complexity index is 507. The van der Waals surface area contributed by atoms with Crippen molar-refractivity contribution in [3.63, 3.8) is 0 Å². The van der Waals surface area contributed by atoms with Gasteiger partial charge in [0.25, 0.3) is 5.91 Å². The molecule has 2 rings (SSSR count). The average Bonchev–Trinajstić information content (AvgIpc) is 2.77. The van der Waals surface area contributed by atoms with Crippen LogP contribution in [-0.4, -0.2) is 29.8 Å². The van der Waals surface area contributed by atoms with Gasteiger partial charge in [-0.2, -0.15) is 0 Å². The van der Waals surface area contributed by atoms with Crippen LogP contribution in [0.15, 0.2) is 27.6 Å². The lowest BCUT2D eigenvalue weighted by Crippen LogP contribution is -2.31. The van der Waals surface area contributed by atoms with Gasteiger partial charge in [0.05, 0.1) is 11.5 Å². The van der Waals surface area contributed by atoms with Crippen molar-refractivity contribution in [2.24, 2.45) is 11.7 Å². The Labute approximate surface area is 119 Å². The first-order valence-corrected chi connectivity index (χ1v) is 6.80. The molecule has 1 aromatic carbocycles. The van der Waals surface area contributed by atoms with E-state index in [1.165, 1.54) is 0 Å². The molecule has 1 aliphatic heterocycles. The topological polar surface area (TPSA) is 63.4 Å². The number of rotatable bonds is 2. The van der Waals surface area contributed by atoms with Gasteiger partial charge in [-0.25, -0.2) is 0 Å². The maximum Gasteiger partial charge on any atom is 0.255 e. The number of amides is 2. The molecule has 2 amide bonds. The maximum absolute atomic E-state index is 12.3. The van der Waals surface area contributed by atoms with Gasteiger partial charge in [-0.3, -0.25) is 9.59 Å². The number of thiol groups is 1. The molecule has 0 spiro atoms. The van der Waals surface area contributed by atoms with Crippen LogP contribution in [0.3, 0.4) is 0 Å². The van der Waals surface area contributed by atoms with Crippen molar-refractivity contribution in [1.82, 2.24) is 4.90 Å². The first-order chi connectivity index (χ1) is 8.49. The zero-order valence-corrected chi connectivity index (χ0v) is 12.1. The molecule has 96 valence electrons. The van der Waals surface area contributed by atoms with Gasteiger partial charge in [0.1, 0.15) is 0 Å². The van der Waals surface area contributed by atoms with Gasteiger partial charge in [0.2, 0.25) is 5.91 Å². The molecule has 1 heterocycles. The summed E-state index contributed by atoms with van der Waals surface area (Å²) in [6.07, 6.45) is 0.638. The number of likely N-dealkylation sites (tertiary alicyclic amines) is 1. The van der Waals surface area contributed by atoms with E-state index in [4.69, 9.17) is 5.73 Å². The SMILES string of the molecule is NC(=O)C1CCN(C(=O)c2ccc(Br)cc2S)C1. The summed E-state index contributed by atoms with van der Waals surface area (Å²) < 4.78 is 0.875. The molecule has 18 heavy (non-hydrogen) atoms. The van der Waals surface area contributed by atoms with Crippen LogP contribution in [0, 0.1) is 5.92 Å². The number of primary amides is 1. The van der Waals surface area contributed by atoms with Gasteiger partial charge in [-0.1, -0.05) is 15.9 Å². The highest BCUT2D eigenvalue weighted by Gasteiger charge is 2.30. The molecule has 1 aliphatic rings. The van der Waals surface area contributed by atoms with E-state index < -0.39 is 0 Å². The molecule has 0 saturated carbocycles. The van der Waals surface area contributed by atoms with Crippen LogP contribution in [0.2, 0.25) is 0 Å². The van der Waals surface area contributed by atoms with Gasteiger partial charge in [0, 0.05) is 22.5 Å². The number of halogens is 1. The highest BCUT2D eigenvalue weighted by Crippen LogP contribution is 2.24. The third-order valence-corrected chi connectivity index (χ3v) is 3.93. The van der Waals surface area contributed by atoms with Crippen LogP contribution in [0.5, 0.6) is 0 Å². The predicted molar refractivity (Wildman–Crippen MR) is 74.6 cm³/mol. The normalized spacial score (nSPS) is 19.0. The smallest absolute Gasteiger partial charge is 0.255 e. The van der Waals surface area contributed by atoms with Crippen molar-refractivity contribution in [2.75, 3.05) is 13.1 Å². The highest BCUT2D eigenvalue weighted by atomic mass is 79.9. The van der Waals surface area contributed by atoms with E-state index in [-0.39, 0.29) is 17.7 Å². The summed E-state index contributed by atoms with van der Waals surface area (Å²) in [6, 6.07) is 5.30. The van der Waals surface area contributed by atoms with E-state index in [2.05, 4.69) is 28.6 Å². The Kier molecular flexibility index (Phi) is 3.97. The largest absolute Gasteiger partial charge is 0.369 e. The second kappa shape index (κ2) is 5.32. The van der Waals surface area contributed by atoms with Gasteiger partial charge in [0.15, 0.2) is 0 Å². The summed E-state index contributed by atoms with van der Waals surface area (Å²) in [5, 5.41) is 0. The Morgan fingerprint density at radius 1 is 1.44 bits per heavy atom. The van der Waals surface area contributed by atoms with E-state index in [0.717, 1.165) is 4.47 Å². The minimum absolute atomic E-state index is 0.101. The van der Waals surface area contributed by atoms with E-state index in [1.807, 2.05) is 0 Å². The highest BCUT2D eigenvalue weighted by molar-refractivity contribution is 9.10. The molecule has 1 atom stereocenters. The fraction of sp³-hybridized carbons (Fsp3) is 0.333. The summed E-state index contributed by atoms with van der Waals surface area (Å²) in [6.45, 7) is 0.965. The number of carbonyl (C=O) groups excluding carboxylic acids is 2. The first-order valence-electron chi connectivity index (χ1n) is 5.56. The zero-order valence-electron chi connectivity index (χ0n) is 9.60. The fourth-order valence-corrected chi connectivity index (χ4v) is 2.88. The molecule has 4 nitrogen and oxygen atoms in total. The third kappa shape index (κ3) is 2.70. The minimum atomic E-state index is -0.341. The number of hydrogen-bond donors (Lipinski definition) is 2. The number of benzene rings is 1. The number of carbonyl (C=O) groups is 2. The molecule has 2 N–H and O–H groups in total. The molecular formula is C12H13BrN2O2S. The molecule has 1 aromatic rings. The average molecular weight is 329 g/mol. The van der Waals surface area contributed by atoms with Crippen LogP contribution < -0.4 is 5.73 Å². The van der Waals surface area contributed by atoms with Crippen molar-refractivity contribution in [3.8, 4) is 0 Å². The number of nitrogens with zero attached hydrogens (tertiary/aromatic N) is 1. The molecule has 0 bridgehead atoms. The molecule has 0 aromatic heterocycles. The second-order valence-electron chi connectivity index (χ2n) is 4.30. The second-order valence-corrected chi connectivity index (χ2v) is 5.70. The molecule has 1 fully saturated rings. The monoisotopic (exact) mass is 328 g/mol. The Balaban J connectivity index is 2.15. The molecule has 1 saturated heterocycles. The van der Waals surface area contributed by atoms with Gasteiger partial charge in [-0.05, 0) is 24.6 Å². The van der Waals surface area contributed by atoms with Gasteiger partial charge >= 0.3 is 0 Å². The molecule has 1 unspecified atom stereocenters. The lowest BCUT2D eigenvalue weighted by atomic mass is 10.1. The molecule has 0 radical (unpaired) electrons. The summed E-state index contributed by atoms with van der Waals surface area (Å²) in [5.41, 5.74) is 5.80. The zero-order chi connectivity index (χ0) is 13.3. The van der Waals surface area contributed by atoms with E-state index in [9.17, 15) is 9.59 Å². The van der Waals surface area contributed by atoms with Crippen LogP contribution in [0.1, 0.15) is 16.8 Å². The van der Waals surface area contributed by atoms with Crippen molar-refractivity contribution in [2.45, 2.75) is 11.3 Å². The maximum atomic E-state index is 12.3. The Morgan fingerprint density at radius 3 is 2.72 bits per heavy atom. The lowest BCUT2D eigenvalue weighted by Gasteiger charge is -2.17. The third-order valence-electron chi connectivity index (χ3n) is 3.07. The Morgan fingerprint density at radius 2 is 2.17 bits per heavy atom. The van der Waals surface area contributed by atoms with E-state index in [1.54, 1.807) is 23.1 Å². The predicted octanol–water partition coefficient (Wildman–Crippen LogP) is 1.69. The van der Waals surface area contributed by atoms with Crippen molar-refractivity contribution >= 4 is 40.4 Å². The number of nitrogens with two attached hydrogens (primary N) is 1. The molecule has 0 aliphatic carbocycles. The minimum Gasteiger partial charge on any atom is -0.369 e. The fourth-order valence-electron chi connectivity index (χ4n) is 2.03. The van der Waals surface area contributed by atoms with Gasteiger partial charge in [-0.15, -0.1) is 12.6 Å². The first kappa shape index (κ1) is 13.4. The Hall–Kier alpha value is -1.01. The van der Waals surface area contributed by atoms with Crippen LogP contribution in [-0.2, 0) is 4.79 Å². The van der Waals surface area contributed by atoms with Crippen LogP contribution in [0.4, 0.5) is 0 Å². The van der Waals surface area contributed by atoms with Crippen molar-refractivity contribution in [1.29, 1.82) is 0 Å². The summed E-state index contributed by atoms with van der Waals surface area (Å²) in [7, 11) is 0. The van der Waals surface area contributed by atoms with Crippen molar-refractivity contribution in [3.05, 3.63) is 28.2 Å². The lowest BCUT2D eigenvalue weighted by molar-refractivity contribution is -0.121. The summed E-state index contributed by atoms with van der Waals surface area (Å²) in [4.78, 5) is 25.6. The standard InChI is InChI=1S/C12H13BrN2O2S/c13-8-1-2-9(10(18)5-8)12(17)15-4-3-7(6-15)11(14)16/h1-2,5,7,18H,3-4,6H2,(H2,14,16). The van der Waals surface area contributed by atoms with Crippen LogP contribution in [0.25, 0.3) is 0 Å². The van der Waals surface area contributed by atoms with E-state index in [0.29, 0.717) is 30.0 Å².